The van der Waals surface area contributed by atoms with Gasteiger partial charge in [0.2, 0.25) is 0 Å². The van der Waals surface area contributed by atoms with Crippen LogP contribution in [0.1, 0.15) is 45.7 Å². The minimum atomic E-state index is -0.228. The van der Waals surface area contributed by atoms with E-state index in [0.717, 1.165) is 31.9 Å². The summed E-state index contributed by atoms with van der Waals surface area (Å²) in [6, 6.07) is 5.79. The highest BCUT2D eigenvalue weighted by molar-refractivity contribution is 5.44. The van der Waals surface area contributed by atoms with Crippen molar-refractivity contribution >= 4 is 0 Å². The molecule has 4 nitrogen and oxygen atoms in total. The van der Waals surface area contributed by atoms with Crippen molar-refractivity contribution in [2.24, 2.45) is 0 Å². The van der Waals surface area contributed by atoms with Crippen LogP contribution in [0, 0.1) is 0 Å². The second kappa shape index (κ2) is 4.89. The van der Waals surface area contributed by atoms with E-state index >= 15 is 0 Å². The van der Waals surface area contributed by atoms with Crippen LogP contribution in [0.15, 0.2) is 18.2 Å². The fourth-order valence-corrected chi connectivity index (χ4v) is 3.45. The third-order valence-electron chi connectivity index (χ3n) is 4.32. The molecule has 1 fully saturated rings. The van der Waals surface area contributed by atoms with Crippen molar-refractivity contribution < 1.29 is 14.6 Å². The van der Waals surface area contributed by atoms with Gasteiger partial charge >= 0.3 is 0 Å². The zero-order chi connectivity index (χ0) is 15.3. The van der Waals surface area contributed by atoms with Crippen LogP contribution in [0.2, 0.25) is 0 Å². The monoisotopic (exact) mass is 291 g/mol. The van der Waals surface area contributed by atoms with Crippen molar-refractivity contribution in [3.63, 3.8) is 0 Å². The SMILES string of the molecule is CC1(C)CN(C2CC(C)(C)Oc3cc(O)ccc32)CCO1. The third kappa shape index (κ3) is 3.01. The largest absolute Gasteiger partial charge is 0.508 e. The molecule has 1 aromatic carbocycles. The lowest BCUT2D eigenvalue weighted by molar-refractivity contribution is -0.107. The van der Waals surface area contributed by atoms with Gasteiger partial charge in [0.15, 0.2) is 0 Å². The van der Waals surface area contributed by atoms with Gasteiger partial charge in [0.05, 0.1) is 12.2 Å². The molecule has 1 atom stereocenters. The molecule has 1 aromatic rings. The van der Waals surface area contributed by atoms with E-state index in [9.17, 15) is 5.11 Å². The number of phenolic OH excluding ortho intramolecular Hbond substituents is 1. The summed E-state index contributed by atoms with van der Waals surface area (Å²) in [5, 5.41) is 9.72. The molecule has 3 rings (SSSR count). The van der Waals surface area contributed by atoms with E-state index in [-0.39, 0.29) is 17.0 Å². The van der Waals surface area contributed by atoms with E-state index in [0.29, 0.717) is 6.04 Å². The zero-order valence-corrected chi connectivity index (χ0v) is 13.3. The van der Waals surface area contributed by atoms with Gasteiger partial charge in [-0.25, -0.2) is 0 Å². The highest BCUT2D eigenvalue weighted by atomic mass is 16.5. The lowest BCUT2D eigenvalue weighted by Gasteiger charge is -2.47. The van der Waals surface area contributed by atoms with Gasteiger partial charge in [-0.1, -0.05) is 6.07 Å². The predicted molar refractivity (Wildman–Crippen MR) is 81.8 cm³/mol. The maximum absolute atomic E-state index is 9.72. The highest BCUT2D eigenvalue weighted by Crippen LogP contribution is 2.44. The molecule has 0 radical (unpaired) electrons. The second-order valence-electron chi connectivity index (χ2n) is 7.38. The first kappa shape index (κ1) is 14.7. The first-order valence-corrected chi connectivity index (χ1v) is 7.66. The number of ether oxygens (including phenoxy) is 2. The molecule has 0 aromatic heterocycles. The van der Waals surface area contributed by atoms with E-state index in [2.05, 4.69) is 32.6 Å². The fraction of sp³-hybridized carbons (Fsp3) is 0.647. The summed E-state index contributed by atoms with van der Waals surface area (Å²) in [7, 11) is 0. The molecule has 0 bridgehead atoms. The van der Waals surface area contributed by atoms with Crippen LogP contribution in [0.25, 0.3) is 0 Å². The van der Waals surface area contributed by atoms with Gasteiger partial charge in [0.25, 0.3) is 0 Å². The van der Waals surface area contributed by atoms with E-state index in [1.165, 1.54) is 5.56 Å². The molecule has 0 amide bonds. The first-order chi connectivity index (χ1) is 9.76. The van der Waals surface area contributed by atoms with E-state index in [1.807, 2.05) is 6.07 Å². The first-order valence-electron chi connectivity index (χ1n) is 7.66. The summed E-state index contributed by atoms with van der Waals surface area (Å²) in [5.41, 5.74) is 0.830. The Labute approximate surface area is 126 Å². The predicted octanol–water partition coefficient (Wildman–Crippen LogP) is 3.11. The van der Waals surface area contributed by atoms with Crippen molar-refractivity contribution in [3.05, 3.63) is 23.8 Å². The Kier molecular flexibility index (Phi) is 3.41. The minimum Gasteiger partial charge on any atom is -0.508 e. The molecule has 2 heterocycles. The zero-order valence-electron chi connectivity index (χ0n) is 13.3. The van der Waals surface area contributed by atoms with Gasteiger partial charge in [-0.05, 0) is 33.8 Å². The van der Waals surface area contributed by atoms with Gasteiger partial charge in [0, 0.05) is 37.2 Å². The van der Waals surface area contributed by atoms with Crippen LogP contribution >= 0.6 is 0 Å². The summed E-state index contributed by atoms with van der Waals surface area (Å²) in [5.74, 6) is 1.06. The molecule has 21 heavy (non-hydrogen) atoms. The van der Waals surface area contributed by atoms with Crippen LogP contribution in [0.4, 0.5) is 0 Å². The average molecular weight is 291 g/mol. The number of fused-ring (bicyclic) bond motifs is 1. The molecule has 1 N–H and O–H groups in total. The summed E-state index contributed by atoms with van der Waals surface area (Å²) in [6.07, 6.45) is 0.945. The topological polar surface area (TPSA) is 41.9 Å². The molecule has 0 saturated carbocycles. The number of morpholine rings is 1. The van der Waals surface area contributed by atoms with Gasteiger partial charge in [0.1, 0.15) is 17.1 Å². The van der Waals surface area contributed by atoms with Gasteiger partial charge in [-0.15, -0.1) is 0 Å². The van der Waals surface area contributed by atoms with Crippen molar-refractivity contribution in [1.29, 1.82) is 0 Å². The molecule has 116 valence electrons. The van der Waals surface area contributed by atoms with Gasteiger partial charge < -0.3 is 14.6 Å². The molecule has 0 aliphatic carbocycles. The molecule has 2 aliphatic rings. The minimum absolute atomic E-state index is 0.113. The van der Waals surface area contributed by atoms with Crippen LogP contribution < -0.4 is 4.74 Å². The maximum atomic E-state index is 9.72. The number of benzene rings is 1. The number of aromatic hydroxyl groups is 1. The molecule has 1 unspecified atom stereocenters. The van der Waals surface area contributed by atoms with Crippen molar-refractivity contribution in [3.8, 4) is 11.5 Å². The second-order valence-corrected chi connectivity index (χ2v) is 7.38. The Morgan fingerprint density at radius 1 is 1.19 bits per heavy atom. The number of hydrogen-bond acceptors (Lipinski definition) is 4. The van der Waals surface area contributed by atoms with Gasteiger partial charge in [-0.2, -0.15) is 0 Å². The molecule has 4 heteroatoms. The lowest BCUT2D eigenvalue weighted by atomic mass is 9.87. The highest BCUT2D eigenvalue weighted by Gasteiger charge is 2.40. The number of phenols is 1. The molecular formula is C17H25NO3. The molecule has 2 aliphatic heterocycles. The maximum Gasteiger partial charge on any atom is 0.128 e. The van der Waals surface area contributed by atoms with Crippen molar-refractivity contribution in [1.82, 2.24) is 4.90 Å². The van der Waals surface area contributed by atoms with Crippen molar-refractivity contribution in [2.75, 3.05) is 19.7 Å². The Hall–Kier alpha value is -1.26. The fourth-order valence-electron chi connectivity index (χ4n) is 3.45. The van der Waals surface area contributed by atoms with Gasteiger partial charge in [-0.3, -0.25) is 4.90 Å². The van der Waals surface area contributed by atoms with Crippen molar-refractivity contribution in [2.45, 2.75) is 51.4 Å². The lowest BCUT2D eigenvalue weighted by Crippen LogP contribution is -2.51. The average Bonchev–Trinajstić information content (AvgIpc) is 2.35. The number of hydrogen-bond donors (Lipinski definition) is 1. The quantitative estimate of drug-likeness (QED) is 0.863. The normalized spacial score (nSPS) is 27.7. The van der Waals surface area contributed by atoms with E-state index < -0.39 is 0 Å². The Bertz CT molecular complexity index is 539. The number of nitrogens with zero attached hydrogens (tertiary/aromatic N) is 1. The van der Waals surface area contributed by atoms with Crippen LogP contribution in [0.3, 0.4) is 0 Å². The van der Waals surface area contributed by atoms with Crippen LogP contribution in [-0.4, -0.2) is 40.9 Å². The molecule has 1 saturated heterocycles. The van der Waals surface area contributed by atoms with E-state index in [1.54, 1.807) is 12.1 Å². The Morgan fingerprint density at radius 3 is 2.67 bits per heavy atom. The van der Waals surface area contributed by atoms with Crippen LogP contribution in [0.5, 0.6) is 11.5 Å². The summed E-state index contributed by atoms with van der Waals surface area (Å²) in [4.78, 5) is 2.49. The molecular weight excluding hydrogens is 266 g/mol. The summed E-state index contributed by atoms with van der Waals surface area (Å²) < 4.78 is 11.9. The summed E-state index contributed by atoms with van der Waals surface area (Å²) >= 11 is 0. The molecule has 0 spiro atoms. The van der Waals surface area contributed by atoms with Crippen LogP contribution in [-0.2, 0) is 4.74 Å². The standard InChI is InChI=1S/C17H25NO3/c1-16(2)10-14(18-7-8-20-17(3,4)11-18)13-6-5-12(19)9-15(13)21-16/h5-6,9,14,19H,7-8,10-11H2,1-4H3. The van der Waals surface area contributed by atoms with E-state index in [4.69, 9.17) is 9.47 Å². The Balaban J connectivity index is 1.95. The Morgan fingerprint density at radius 2 is 1.95 bits per heavy atom. The smallest absolute Gasteiger partial charge is 0.128 e. The number of rotatable bonds is 1. The third-order valence-corrected chi connectivity index (χ3v) is 4.32. The summed E-state index contributed by atoms with van der Waals surface area (Å²) in [6.45, 7) is 11.1.